The lowest BCUT2D eigenvalue weighted by Gasteiger charge is -2.12. The summed E-state index contributed by atoms with van der Waals surface area (Å²) in [7, 11) is 0. The number of hydrogen-bond acceptors (Lipinski definition) is 6. The van der Waals surface area contributed by atoms with E-state index < -0.39 is 0 Å². The zero-order valence-corrected chi connectivity index (χ0v) is 38.1. The molecular weight excluding hydrogens is 877 g/mol. The van der Waals surface area contributed by atoms with Crippen LogP contribution in [0.3, 0.4) is 0 Å². The van der Waals surface area contributed by atoms with E-state index in [0.717, 1.165) is 93.2 Å². The van der Waals surface area contributed by atoms with Crippen LogP contribution in [0.4, 0.5) is 0 Å². The number of para-hydroxylation sites is 3. The van der Waals surface area contributed by atoms with Gasteiger partial charge in [0.05, 0.1) is 11.0 Å². The van der Waals surface area contributed by atoms with E-state index in [0.29, 0.717) is 17.5 Å². The SMILES string of the molecule is c1ccc(-n2c3ccccc3c3cc(-c4ccccc4-c4ccc5oc6cccc(-c7nc(-c8ccc9c(c8)oc8ccccc89)nc(-c8cccc9c8sc8ccccc89)n7)c6c5c4)ccc32)cc1. The van der Waals surface area contributed by atoms with Gasteiger partial charge in [0.2, 0.25) is 0 Å². The van der Waals surface area contributed by atoms with Gasteiger partial charge in [-0.1, -0.05) is 140 Å². The van der Waals surface area contributed by atoms with Crippen LogP contribution in [0, 0.1) is 0 Å². The minimum atomic E-state index is 0.559. The van der Waals surface area contributed by atoms with Crippen molar-refractivity contribution in [3.63, 3.8) is 0 Å². The minimum Gasteiger partial charge on any atom is -0.456 e. The third kappa shape index (κ3) is 5.95. The first-order chi connectivity index (χ1) is 34.7. The Morgan fingerprint density at radius 2 is 0.900 bits per heavy atom. The Kier molecular flexibility index (Phi) is 8.43. The largest absolute Gasteiger partial charge is 0.456 e. The van der Waals surface area contributed by atoms with Crippen LogP contribution in [0.15, 0.2) is 227 Å². The van der Waals surface area contributed by atoms with E-state index in [-0.39, 0.29) is 0 Å². The smallest absolute Gasteiger partial charge is 0.165 e. The van der Waals surface area contributed by atoms with Crippen LogP contribution in [0.1, 0.15) is 0 Å². The summed E-state index contributed by atoms with van der Waals surface area (Å²) in [6.07, 6.45) is 0. The summed E-state index contributed by atoms with van der Waals surface area (Å²) in [5.41, 5.74) is 13.8. The molecule has 0 N–H and O–H groups in total. The number of fused-ring (bicyclic) bond motifs is 12. The highest BCUT2D eigenvalue weighted by molar-refractivity contribution is 7.26. The van der Waals surface area contributed by atoms with Gasteiger partial charge in [-0.25, -0.2) is 15.0 Å². The van der Waals surface area contributed by atoms with E-state index >= 15 is 0 Å². The second-order valence-electron chi connectivity index (χ2n) is 17.9. The molecule has 0 fully saturated rings. The van der Waals surface area contributed by atoms with Crippen LogP contribution in [-0.4, -0.2) is 19.5 Å². The van der Waals surface area contributed by atoms with Crippen LogP contribution in [-0.2, 0) is 0 Å². The quantitative estimate of drug-likeness (QED) is 0.166. The summed E-state index contributed by atoms with van der Waals surface area (Å²) in [4.78, 5) is 16.0. The first-order valence-corrected chi connectivity index (χ1v) is 24.2. The van der Waals surface area contributed by atoms with Gasteiger partial charge in [-0.2, -0.15) is 0 Å². The molecule has 5 heterocycles. The van der Waals surface area contributed by atoms with Crippen molar-refractivity contribution in [2.75, 3.05) is 0 Å². The van der Waals surface area contributed by atoms with Gasteiger partial charge in [0.15, 0.2) is 17.5 Å². The first-order valence-electron chi connectivity index (χ1n) is 23.4. The number of rotatable bonds is 6. The number of benzene rings is 10. The summed E-state index contributed by atoms with van der Waals surface area (Å²) in [5, 5.41) is 8.89. The molecule has 10 aromatic carbocycles. The fraction of sp³-hybridized carbons (Fsp3) is 0. The number of nitrogens with zero attached hydrogens (tertiary/aromatic N) is 4. The van der Waals surface area contributed by atoms with E-state index in [1.54, 1.807) is 11.3 Å². The Morgan fingerprint density at radius 3 is 1.77 bits per heavy atom. The molecule has 6 nitrogen and oxygen atoms in total. The van der Waals surface area contributed by atoms with Crippen molar-refractivity contribution in [3.8, 4) is 62.1 Å². The number of aromatic nitrogens is 4. The van der Waals surface area contributed by atoms with Crippen molar-refractivity contribution in [2.45, 2.75) is 0 Å². The highest BCUT2D eigenvalue weighted by Crippen LogP contribution is 2.44. The van der Waals surface area contributed by atoms with Crippen molar-refractivity contribution in [1.82, 2.24) is 19.5 Å². The summed E-state index contributed by atoms with van der Waals surface area (Å²) < 4.78 is 17.8. The standard InChI is InChI=1S/C63H36N4O2S/c1-2-14-40(15-3-1)67-52-24-9-6-18-43(52)50-34-37(29-32-53(50)67)41-16-4-5-17-42(41)38-30-33-55-51(35-38)59-48(22-13-26-56(59)68-55)62-64-61(39-28-31-45-44-19-7-10-25-54(44)69-57(45)36-39)65-63(66-62)49-23-12-21-47-46-20-8-11-27-58(46)70-60(47)49/h1-36H. The predicted molar refractivity (Wildman–Crippen MR) is 289 cm³/mol. The maximum absolute atomic E-state index is 6.66. The Hall–Kier alpha value is -9.17. The lowest BCUT2D eigenvalue weighted by molar-refractivity contribution is 0.668. The second kappa shape index (κ2) is 15.2. The molecule has 15 rings (SSSR count). The zero-order valence-electron chi connectivity index (χ0n) is 37.3. The lowest BCUT2D eigenvalue weighted by Crippen LogP contribution is -2.00. The Bertz CT molecular complexity index is 4620. The van der Waals surface area contributed by atoms with Crippen molar-refractivity contribution in [2.24, 2.45) is 0 Å². The predicted octanol–water partition coefficient (Wildman–Crippen LogP) is 17.5. The molecule has 15 aromatic rings. The van der Waals surface area contributed by atoms with E-state index in [4.69, 9.17) is 23.8 Å². The van der Waals surface area contributed by atoms with Gasteiger partial charge in [-0.05, 0) is 101 Å². The molecule has 326 valence electrons. The Labute approximate surface area is 404 Å². The first kappa shape index (κ1) is 38.9. The van der Waals surface area contributed by atoms with Crippen LogP contribution in [0.25, 0.3) is 148 Å². The third-order valence-corrected chi connectivity index (χ3v) is 15.1. The van der Waals surface area contributed by atoms with E-state index in [1.165, 1.54) is 37.3 Å². The van der Waals surface area contributed by atoms with Gasteiger partial charge in [-0.3, -0.25) is 0 Å². The number of thiophene rings is 1. The van der Waals surface area contributed by atoms with Crippen molar-refractivity contribution in [3.05, 3.63) is 218 Å². The molecule has 0 spiro atoms. The highest BCUT2D eigenvalue weighted by Gasteiger charge is 2.22. The summed E-state index contributed by atoms with van der Waals surface area (Å²) >= 11 is 1.76. The average Bonchev–Trinajstić information content (AvgIpc) is 4.19. The maximum atomic E-state index is 6.66. The molecule has 0 aliphatic carbocycles. The zero-order chi connectivity index (χ0) is 45.9. The van der Waals surface area contributed by atoms with Gasteiger partial charge in [0.1, 0.15) is 22.3 Å². The number of furan rings is 2. The molecule has 70 heavy (non-hydrogen) atoms. The highest BCUT2D eigenvalue weighted by atomic mass is 32.1. The lowest BCUT2D eigenvalue weighted by atomic mass is 9.92. The molecule has 0 saturated heterocycles. The van der Waals surface area contributed by atoms with Gasteiger partial charge >= 0.3 is 0 Å². The molecule has 0 radical (unpaired) electrons. The molecule has 0 atom stereocenters. The van der Waals surface area contributed by atoms with E-state index in [9.17, 15) is 0 Å². The van der Waals surface area contributed by atoms with Gasteiger partial charge in [0, 0.05) is 74.9 Å². The van der Waals surface area contributed by atoms with Crippen molar-refractivity contribution < 1.29 is 8.83 Å². The summed E-state index contributed by atoms with van der Waals surface area (Å²) in [5.74, 6) is 1.72. The minimum absolute atomic E-state index is 0.559. The third-order valence-electron chi connectivity index (χ3n) is 13.9. The molecule has 7 heteroatoms. The van der Waals surface area contributed by atoms with Crippen LogP contribution >= 0.6 is 11.3 Å². The molecule has 0 aliphatic heterocycles. The Balaban J connectivity index is 0.911. The molecule has 0 aliphatic rings. The fourth-order valence-electron chi connectivity index (χ4n) is 10.7. The average molecular weight is 913 g/mol. The van der Waals surface area contributed by atoms with Gasteiger partial charge in [0.25, 0.3) is 0 Å². The summed E-state index contributed by atoms with van der Waals surface area (Å²) in [6, 6.07) is 76.9. The van der Waals surface area contributed by atoms with Crippen LogP contribution in [0.2, 0.25) is 0 Å². The normalized spacial score (nSPS) is 12.0. The van der Waals surface area contributed by atoms with E-state index in [1.807, 2.05) is 30.3 Å². The monoisotopic (exact) mass is 912 g/mol. The Morgan fingerprint density at radius 1 is 0.329 bits per heavy atom. The molecule has 0 bridgehead atoms. The van der Waals surface area contributed by atoms with E-state index in [2.05, 4.69) is 193 Å². The van der Waals surface area contributed by atoms with Gasteiger partial charge in [-0.15, -0.1) is 11.3 Å². The van der Waals surface area contributed by atoms with Crippen molar-refractivity contribution in [1.29, 1.82) is 0 Å². The fourth-order valence-corrected chi connectivity index (χ4v) is 11.9. The number of hydrogen-bond donors (Lipinski definition) is 0. The maximum Gasteiger partial charge on any atom is 0.165 e. The molecular formula is C63H36N4O2S. The molecule has 0 unspecified atom stereocenters. The molecule has 0 amide bonds. The van der Waals surface area contributed by atoms with Crippen molar-refractivity contribution >= 4 is 97.2 Å². The molecule has 5 aromatic heterocycles. The van der Waals surface area contributed by atoms with Crippen LogP contribution in [0.5, 0.6) is 0 Å². The summed E-state index contributed by atoms with van der Waals surface area (Å²) in [6.45, 7) is 0. The van der Waals surface area contributed by atoms with Crippen LogP contribution < -0.4 is 0 Å². The molecule has 0 saturated carbocycles. The topological polar surface area (TPSA) is 69.9 Å². The van der Waals surface area contributed by atoms with Gasteiger partial charge < -0.3 is 13.4 Å². The second-order valence-corrected chi connectivity index (χ2v) is 18.9.